The molecule has 0 aliphatic heterocycles. The zero-order valence-corrected chi connectivity index (χ0v) is 54.3. The molecule has 482 valence electrons. The number of aromatic nitrogens is 4. The molecule has 0 atom stereocenters. The number of hydrogen-bond acceptors (Lipinski definition) is 7. The number of benzene rings is 11. The minimum atomic E-state index is -0.183. The number of aliphatic hydroxyl groups is 1. The molecule has 0 saturated heterocycles. The van der Waals surface area contributed by atoms with Gasteiger partial charge < -0.3 is 51.8 Å². The number of rotatable bonds is 31. The molecule has 11 aromatic carbocycles. The van der Waals surface area contributed by atoms with Crippen molar-refractivity contribution in [3.63, 3.8) is 0 Å². The summed E-state index contributed by atoms with van der Waals surface area (Å²) in [6, 6.07) is 87.2. The first-order valence-electron chi connectivity index (χ1n) is 34.2. The SMILES string of the molecule is OCc1cc(OCc2cc(OCCCCn3c4ccccc4c4ccccc43)cc(OCCCCn3c4ccccc4c4ccccc43)c2)cc(OCc2cc(OCCCCn3c4ccccc4c4ccccc43)cc(OCCCCn3c4ccccc4c4ccccc43)c2)c1. The zero-order valence-electron chi connectivity index (χ0n) is 54.3. The number of para-hydroxylation sites is 8. The molecule has 0 aliphatic carbocycles. The molecule has 0 spiro atoms. The molecule has 0 amide bonds. The standard InChI is InChI=1S/C85H80N4O7/c90-58-61-49-68(95-59-62-51-64(91-45-21-17-41-86-78-33-9-1-25-70(78)71-26-2-10-34-79(71)86)55-65(52-62)92-46-22-18-42-87-80-35-11-3-27-72(80)73-28-4-12-36-81(73)87)57-69(50-61)96-60-63-53-66(93-47-23-19-43-88-82-37-13-5-29-74(82)75-30-6-14-38-83(75)88)56-67(54-63)94-48-24-20-44-89-84-39-15-7-31-76(84)77-32-8-16-40-85(77)89/h1-16,25-40,49-57,90H,17-24,41-48,58-60H2. The fraction of sp³-hybridized carbons (Fsp3) is 0.224. The second-order valence-corrected chi connectivity index (χ2v) is 25.1. The van der Waals surface area contributed by atoms with Gasteiger partial charge in [-0.3, -0.25) is 0 Å². The van der Waals surface area contributed by atoms with Crippen molar-refractivity contribution >= 4 is 87.2 Å². The number of aryl methyl sites for hydroxylation is 4. The van der Waals surface area contributed by atoms with Gasteiger partial charge in [0.05, 0.1) is 33.0 Å². The van der Waals surface area contributed by atoms with E-state index >= 15 is 0 Å². The highest BCUT2D eigenvalue weighted by atomic mass is 16.5. The number of fused-ring (bicyclic) bond motifs is 12. The predicted molar refractivity (Wildman–Crippen MR) is 391 cm³/mol. The number of aliphatic hydroxyl groups excluding tert-OH is 1. The van der Waals surface area contributed by atoms with Gasteiger partial charge in [-0.25, -0.2) is 0 Å². The molecule has 1 N–H and O–H groups in total. The van der Waals surface area contributed by atoms with Crippen LogP contribution in [0.2, 0.25) is 0 Å². The number of hydrogen-bond donors (Lipinski definition) is 1. The first kappa shape index (κ1) is 61.6. The molecule has 4 aromatic heterocycles. The Balaban J connectivity index is 0.613. The molecule has 4 heterocycles. The van der Waals surface area contributed by atoms with Crippen molar-refractivity contribution in [3.05, 3.63) is 265 Å². The van der Waals surface area contributed by atoms with Gasteiger partial charge in [0.1, 0.15) is 47.7 Å². The Morgan fingerprint density at radius 3 is 0.635 bits per heavy atom. The van der Waals surface area contributed by atoms with E-state index in [0.29, 0.717) is 43.5 Å². The average molecular weight is 1270 g/mol. The molecule has 96 heavy (non-hydrogen) atoms. The van der Waals surface area contributed by atoms with Crippen molar-refractivity contribution in [2.75, 3.05) is 26.4 Å². The Hall–Kier alpha value is -10.6. The van der Waals surface area contributed by atoms with Crippen molar-refractivity contribution in [2.45, 2.75) is 97.4 Å². The van der Waals surface area contributed by atoms with E-state index < -0.39 is 0 Å². The van der Waals surface area contributed by atoms with E-state index in [1.165, 1.54) is 87.2 Å². The summed E-state index contributed by atoms with van der Waals surface area (Å²) in [6.45, 7) is 6.06. The quantitative estimate of drug-likeness (QED) is 0.0433. The lowest BCUT2D eigenvalue weighted by Gasteiger charge is -2.16. The molecular formula is C85H80N4O7. The van der Waals surface area contributed by atoms with E-state index in [4.69, 9.17) is 28.4 Å². The molecular weight excluding hydrogens is 1190 g/mol. The Kier molecular flexibility index (Phi) is 18.6. The van der Waals surface area contributed by atoms with Crippen LogP contribution in [0.3, 0.4) is 0 Å². The van der Waals surface area contributed by atoms with Gasteiger partial charge in [0, 0.05) is 132 Å². The Morgan fingerprint density at radius 2 is 0.417 bits per heavy atom. The van der Waals surface area contributed by atoms with Crippen molar-refractivity contribution in [3.8, 4) is 34.5 Å². The van der Waals surface area contributed by atoms with Gasteiger partial charge in [-0.2, -0.15) is 0 Å². The molecule has 0 aliphatic rings. The summed E-state index contributed by atoms with van der Waals surface area (Å²) >= 11 is 0. The van der Waals surface area contributed by atoms with E-state index in [1.807, 2.05) is 54.6 Å². The van der Waals surface area contributed by atoms with E-state index in [-0.39, 0.29) is 19.8 Å². The lowest BCUT2D eigenvalue weighted by molar-refractivity contribution is 0.267. The van der Waals surface area contributed by atoms with Gasteiger partial charge in [-0.05, 0) is 153 Å². The van der Waals surface area contributed by atoms with Gasteiger partial charge in [0.15, 0.2) is 0 Å². The summed E-state index contributed by atoms with van der Waals surface area (Å²) in [4.78, 5) is 0. The summed E-state index contributed by atoms with van der Waals surface area (Å²) in [7, 11) is 0. The molecule has 11 nitrogen and oxygen atoms in total. The summed E-state index contributed by atoms with van der Waals surface area (Å²) in [5.41, 5.74) is 12.5. The van der Waals surface area contributed by atoms with Crippen LogP contribution in [0.15, 0.2) is 249 Å². The lowest BCUT2D eigenvalue weighted by Crippen LogP contribution is -2.05. The molecule has 15 rings (SSSR count). The Morgan fingerprint density at radius 1 is 0.219 bits per heavy atom. The molecule has 15 aromatic rings. The van der Waals surface area contributed by atoms with Gasteiger partial charge in [-0.15, -0.1) is 0 Å². The van der Waals surface area contributed by atoms with Crippen LogP contribution in [-0.2, 0) is 46.0 Å². The van der Waals surface area contributed by atoms with E-state index in [1.54, 1.807) is 0 Å². The summed E-state index contributed by atoms with van der Waals surface area (Å²) in [5, 5.41) is 20.9. The predicted octanol–water partition coefficient (Wildman–Crippen LogP) is 20.2. The minimum Gasteiger partial charge on any atom is -0.493 e. The molecule has 0 radical (unpaired) electrons. The van der Waals surface area contributed by atoms with Crippen LogP contribution >= 0.6 is 0 Å². The van der Waals surface area contributed by atoms with Crippen LogP contribution in [0.5, 0.6) is 34.5 Å². The monoisotopic (exact) mass is 1270 g/mol. The first-order chi connectivity index (χ1) is 47.6. The van der Waals surface area contributed by atoms with Crippen LogP contribution in [0.25, 0.3) is 87.2 Å². The van der Waals surface area contributed by atoms with E-state index in [0.717, 1.165) is 112 Å². The van der Waals surface area contributed by atoms with Crippen LogP contribution in [-0.4, -0.2) is 49.8 Å². The van der Waals surface area contributed by atoms with Gasteiger partial charge in [-0.1, -0.05) is 146 Å². The normalized spacial score (nSPS) is 11.8. The summed E-state index contributed by atoms with van der Waals surface area (Å²) < 4.78 is 49.2. The molecule has 11 heteroatoms. The third kappa shape index (κ3) is 13.4. The van der Waals surface area contributed by atoms with E-state index in [2.05, 4.69) is 212 Å². The molecule has 0 bridgehead atoms. The summed E-state index contributed by atoms with van der Waals surface area (Å²) in [6.07, 6.45) is 7.32. The van der Waals surface area contributed by atoms with Gasteiger partial charge in [0.2, 0.25) is 0 Å². The molecule has 0 saturated carbocycles. The second kappa shape index (κ2) is 28.9. The van der Waals surface area contributed by atoms with Crippen molar-refractivity contribution < 1.29 is 33.5 Å². The van der Waals surface area contributed by atoms with Crippen LogP contribution in [0, 0.1) is 0 Å². The fourth-order valence-electron chi connectivity index (χ4n) is 14.2. The highest BCUT2D eigenvalue weighted by Gasteiger charge is 2.16. The zero-order chi connectivity index (χ0) is 64.4. The van der Waals surface area contributed by atoms with Crippen molar-refractivity contribution in [1.29, 1.82) is 0 Å². The summed E-state index contributed by atoms with van der Waals surface area (Å²) in [5.74, 6) is 4.07. The van der Waals surface area contributed by atoms with Crippen molar-refractivity contribution in [2.24, 2.45) is 0 Å². The highest BCUT2D eigenvalue weighted by Crippen LogP contribution is 2.35. The third-order valence-electron chi connectivity index (χ3n) is 18.7. The topological polar surface area (TPSA) is 95.3 Å². The second-order valence-electron chi connectivity index (χ2n) is 25.1. The van der Waals surface area contributed by atoms with Gasteiger partial charge in [0.25, 0.3) is 0 Å². The number of unbranched alkanes of at least 4 members (excludes halogenated alkanes) is 4. The van der Waals surface area contributed by atoms with E-state index in [9.17, 15) is 5.11 Å². The minimum absolute atomic E-state index is 0.183. The first-order valence-corrected chi connectivity index (χ1v) is 34.2. The maximum absolute atomic E-state index is 10.6. The third-order valence-corrected chi connectivity index (χ3v) is 18.7. The Labute approximate surface area is 559 Å². The number of nitrogens with zero attached hydrogens (tertiary/aromatic N) is 4. The largest absolute Gasteiger partial charge is 0.493 e. The number of ether oxygens (including phenoxy) is 6. The lowest BCUT2D eigenvalue weighted by atomic mass is 10.2. The van der Waals surface area contributed by atoms with Crippen LogP contribution < -0.4 is 28.4 Å². The highest BCUT2D eigenvalue weighted by molar-refractivity contribution is 6.10. The van der Waals surface area contributed by atoms with Crippen molar-refractivity contribution in [1.82, 2.24) is 18.3 Å². The van der Waals surface area contributed by atoms with Crippen LogP contribution in [0.4, 0.5) is 0 Å². The Bertz CT molecular complexity index is 4380. The molecule has 0 fully saturated rings. The maximum Gasteiger partial charge on any atom is 0.123 e. The van der Waals surface area contributed by atoms with Crippen LogP contribution in [0.1, 0.15) is 68.1 Å². The average Bonchev–Trinajstić information content (AvgIpc) is 1.65. The van der Waals surface area contributed by atoms with Gasteiger partial charge >= 0.3 is 0 Å². The maximum atomic E-state index is 10.6. The fourth-order valence-corrected chi connectivity index (χ4v) is 14.2. The molecule has 0 unspecified atom stereocenters. The smallest absolute Gasteiger partial charge is 0.123 e.